The number of aromatic nitrogens is 3. The molecule has 18 heavy (non-hydrogen) atoms. The number of halogens is 1. The predicted molar refractivity (Wildman–Crippen MR) is 65.3 cm³/mol. The van der Waals surface area contributed by atoms with E-state index in [4.69, 9.17) is 0 Å². The smallest absolute Gasteiger partial charge is 0.184 e. The molecule has 2 rings (SSSR count). The second kappa shape index (κ2) is 5.08. The summed E-state index contributed by atoms with van der Waals surface area (Å²) in [4.78, 5) is 11.7. The molecule has 0 aliphatic rings. The van der Waals surface area contributed by atoms with Gasteiger partial charge in [-0.2, -0.15) is 0 Å². The van der Waals surface area contributed by atoms with Crippen LogP contribution in [0.3, 0.4) is 0 Å². The molecule has 0 aliphatic carbocycles. The Bertz CT molecular complexity index is 577. The maximum absolute atomic E-state index is 13.7. The monoisotopic (exact) mass is 247 g/mol. The van der Waals surface area contributed by atoms with Gasteiger partial charge in [-0.1, -0.05) is 31.2 Å². The van der Waals surface area contributed by atoms with Gasteiger partial charge in [-0.25, -0.2) is 9.07 Å². The minimum Gasteiger partial charge on any atom is -0.292 e. The van der Waals surface area contributed by atoms with Gasteiger partial charge in [0.15, 0.2) is 11.5 Å². The van der Waals surface area contributed by atoms with Crippen LogP contribution in [-0.2, 0) is 6.42 Å². The van der Waals surface area contributed by atoms with Crippen molar-refractivity contribution >= 4 is 5.78 Å². The number of nitrogens with zero attached hydrogens (tertiary/aromatic N) is 3. The van der Waals surface area contributed by atoms with Crippen molar-refractivity contribution in [2.75, 3.05) is 0 Å². The molecular formula is C13H14FN3O. The summed E-state index contributed by atoms with van der Waals surface area (Å²) in [5, 5.41) is 7.76. The first-order valence-electron chi connectivity index (χ1n) is 5.91. The quantitative estimate of drug-likeness (QED) is 0.780. The van der Waals surface area contributed by atoms with E-state index in [9.17, 15) is 9.18 Å². The molecule has 94 valence electrons. The van der Waals surface area contributed by atoms with Gasteiger partial charge in [0.2, 0.25) is 0 Å². The number of hydrogen-bond donors (Lipinski definition) is 0. The Kier molecular flexibility index (Phi) is 3.50. The van der Waals surface area contributed by atoms with E-state index in [0.29, 0.717) is 29.9 Å². The van der Waals surface area contributed by atoms with Crippen molar-refractivity contribution in [3.63, 3.8) is 0 Å². The number of Topliss-reactive ketones (excluding diaryl/α,β-unsaturated/α-hetero) is 1. The van der Waals surface area contributed by atoms with Gasteiger partial charge in [-0.15, -0.1) is 5.10 Å². The Morgan fingerprint density at radius 1 is 1.33 bits per heavy atom. The van der Waals surface area contributed by atoms with E-state index in [1.165, 1.54) is 10.7 Å². The molecule has 5 heteroatoms. The fourth-order valence-electron chi connectivity index (χ4n) is 1.82. The van der Waals surface area contributed by atoms with E-state index in [0.717, 1.165) is 0 Å². The van der Waals surface area contributed by atoms with Crippen LogP contribution in [0.4, 0.5) is 4.39 Å². The lowest BCUT2D eigenvalue weighted by atomic mass is 10.1. The second-order valence-corrected chi connectivity index (χ2v) is 3.88. The summed E-state index contributed by atoms with van der Waals surface area (Å²) in [7, 11) is 0. The van der Waals surface area contributed by atoms with Crippen LogP contribution >= 0.6 is 0 Å². The van der Waals surface area contributed by atoms with Gasteiger partial charge in [-0.05, 0) is 18.6 Å². The first-order valence-corrected chi connectivity index (χ1v) is 5.91. The Balaban J connectivity index is 2.56. The molecule has 0 fully saturated rings. The highest BCUT2D eigenvalue weighted by atomic mass is 19.1. The van der Waals surface area contributed by atoms with Gasteiger partial charge in [-0.3, -0.25) is 4.79 Å². The lowest BCUT2D eigenvalue weighted by Crippen LogP contribution is -2.07. The van der Waals surface area contributed by atoms with Gasteiger partial charge >= 0.3 is 0 Å². The number of carbonyl (C=O) groups is 1. The standard InChI is InChI=1S/C13H14FN3O/c1-3-10-13(12(18)4-2)15-16-17(10)11-8-6-5-7-9(11)14/h5-8H,3-4H2,1-2H3. The summed E-state index contributed by atoms with van der Waals surface area (Å²) in [5.74, 6) is -0.456. The van der Waals surface area contributed by atoms with E-state index in [-0.39, 0.29) is 11.6 Å². The summed E-state index contributed by atoms with van der Waals surface area (Å²) in [6.07, 6.45) is 0.936. The minimum absolute atomic E-state index is 0.0746. The summed E-state index contributed by atoms with van der Waals surface area (Å²) >= 11 is 0. The van der Waals surface area contributed by atoms with Crippen molar-refractivity contribution in [3.05, 3.63) is 41.5 Å². The third-order valence-electron chi connectivity index (χ3n) is 2.76. The number of hydrogen-bond acceptors (Lipinski definition) is 3. The molecule has 0 amide bonds. The highest BCUT2D eigenvalue weighted by Crippen LogP contribution is 2.17. The molecule has 0 saturated carbocycles. The topological polar surface area (TPSA) is 47.8 Å². The molecule has 0 unspecified atom stereocenters. The van der Waals surface area contributed by atoms with E-state index in [1.807, 2.05) is 6.92 Å². The van der Waals surface area contributed by atoms with E-state index in [2.05, 4.69) is 10.3 Å². The molecule has 0 radical (unpaired) electrons. The van der Waals surface area contributed by atoms with E-state index in [1.54, 1.807) is 25.1 Å². The molecule has 1 heterocycles. The SMILES string of the molecule is CCC(=O)c1nnn(-c2ccccc2F)c1CC. The van der Waals surface area contributed by atoms with Crippen LogP contribution in [0.25, 0.3) is 5.69 Å². The maximum atomic E-state index is 13.7. The van der Waals surface area contributed by atoms with Crippen molar-refractivity contribution in [3.8, 4) is 5.69 Å². The summed E-state index contributed by atoms with van der Waals surface area (Å²) in [6, 6.07) is 6.31. The lowest BCUT2D eigenvalue weighted by Gasteiger charge is -2.06. The van der Waals surface area contributed by atoms with Crippen LogP contribution in [0.2, 0.25) is 0 Å². The average molecular weight is 247 g/mol. The Morgan fingerprint density at radius 3 is 2.67 bits per heavy atom. The van der Waals surface area contributed by atoms with Crippen LogP contribution in [0.5, 0.6) is 0 Å². The average Bonchev–Trinajstić information content (AvgIpc) is 2.81. The molecule has 0 spiro atoms. The molecular weight excluding hydrogens is 233 g/mol. The molecule has 2 aromatic rings. The first kappa shape index (κ1) is 12.4. The Morgan fingerprint density at radius 2 is 2.06 bits per heavy atom. The van der Waals surface area contributed by atoms with Gasteiger partial charge in [0.05, 0.1) is 5.69 Å². The number of para-hydroxylation sites is 1. The van der Waals surface area contributed by atoms with Gasteiger partial charge in [0.1, 0.15) is 11.5 Å². The molecule has 0 N–H and O–H groups in total. The fourth-order valence-corrected chi connectivity index (χ4v) is 1.82. The molecule has 4 nitrogen and oxygen atoms in total. The van der Waals surface area contributed by atoms with Crippen molar-refractivity contribution in [2.45, 2.75) is 26.7 Å². The zero-order valence-corrected chi connectivity index (χ0v) is 10.4. The maximum Gasteiger partial charge on any atom is 0.184 e. The number of ketones is 1. The lowest BCUT2D eigenvalue weighted by molar-refractivity contribution is 0.0982. The normalized spacial score (nSPS) is 10.6. The van der Waals surface area contributed by atoms with Crippen molar-refractivity contribution in [2.24, 2.45) is 0 Å². The largest absolute Gasteiger partial charge is 0.292 e. The third-order valence-corrected chi connectivity index (χ3v) is 2.76. The third kappa shape index (κ3) is 2.03. The van der Waals surface area contributed by atoms with Gasteiger partial charge in [0.25, 0.3) is 0 Å². The van der Waals surface area contributed by atoms with Crippen molar-refractivity contribution in [1.29, 1.82) is 0 Å². The van der Waals surface area contributed by atoms with Crippen LogP contribution in [-0.4, -0.2) is 20.8 Å². The predicted octanol–water partition coefficient (Wildman–Crippen LogP) is 2.56. The van der Waals surface area contributed by atoms with Crippen LogP contribution in [0.15, 0.2) is 24.3 Å². The van der Waals surface area contributed by atoms with Crippen LogP contribution < -0.4 is 0 Å². The Hall–Kier alpha value is -2.04. The van der Waals surface area contributed by atoms with Gasteiger partial charge in [0, 0.05) is 6.42 Å². The first-order chi connectivity index (χ1) is 8.69. The van der Waals surface area contributed by atoms with Crippen LogP contribution in [0.1, 0.15) is 36.5 Å². The molecule has 1 aromatic carbocycles. The highest BCUT2D eigenvalue weighted by molar-refractivity contribution is 5.95. The van der Waals surface area contributed by atoms with Crippen molar-refractivity contribution in [1.82, 2.24) is 15.0 Å². The molecule has 1 aromatic heterocycles. The van der Waals surface area contributed by atoms with Crippen molar-refractivity contribution < 1.29 is 9.18 Å². The second-order valence-electron chi connectivity index (χ2n) is 3.88. The zero-order valence-electron chi connectivity index (χ0n) is 10.4. The van der Waals surface area contributed by atoms with E-state index >= 15 is 0 Å². The summed E-state index contributed by atoms with van der Waals surface area (Å²) in [6.45, 7) is 3.66. The summed E-state index contributed by atoms with van der Waals surface area (Å²) < 4.78 is 15.1. The number of carbonyl (C=O) groups excluding carboxylic acids is 1. The number of rotatable bonds is 4. The molecule has 0 bridgehead atoms. The molecule has 0 saturated heterocycles. The highest BCUT2D eigenvalue weighted by Gasteiger charge is 2.19. The number of benzene rings is 1. The van der Waals surface area contributed by atoms with Gasteiger partial charge < -0.3 is 0 Å². The zero-order chi connectivity index (χ0) is 13.1. The molecule has 0 atom stereocenters. The minimum atomic E-state index is -0.382. The van der Waals surface area contributed by atoms with Crippen LogP contribution in [0, 0.1) is 5.82 Å². The Labute approximate surface area is 104 Å². The fraction of sp³-hybridized carbons (Fsp3) is 0.308. The summed E-state index contributed by atoms with van der Waals surface area (Å²) in [5.41, 5.74) is 1.30. The molecule has 0 aliphatic heterocycles. The van der Waals surface area contributed by atoms with E-state index < -0.39 is 0 Å².